The van der Waals surface area contributed by atoms with E-state index in [0.29, 0.717) is 16.8 Å². The Morgan fingerprint density at radius 2 is 1.64 bits per heavy atom. The Kier molecular flexibility index (Phi) is 10.2. The smallest absolute Gasteiger partial charge is 0.165 e. The zero-order chi connectivity index (χ0) is 32.6. The van der Waals surface area contributed by atoms with Gasteiger partial charge in [-0.25, -0.2) is 4.39 Å². The second kappa shape index (κ2) is 13.9. The van der Waals surface area contributed by atoms with Gasteiger partial charge < -0.3 is 14.4 Å². The standard InChI is InChI=1S/C20H15FNO.C19H26NSi.Ir/c1-12(2)13-9-10-22-18(11-13)16-7-3-5-14-15-6-4-8-17(21)20(15)23-19(14)16;1-19(2,3)13-16-12-17(15-10-8-7-9-11-15)20-14-18(16)21(4,5)6;/h3-6,8-12H,1-2H3;7-10,12,14H,13H2,1-6H3;/q2*-1;/i12D;;. The molecule has 0 bridgehead atoms. The number of nitrogens with zero attached hydrogens (tertiary/aromatic N) is 2. The van der Waals surface area contributed by atoms with Gasteiger partial charge >= 0.3 is 0 Å². The van der Waals surface area contributed by atoms with Crippen LogP contribution in [-0.4, -0.2) is 18.0 Å². The third-order valence-electron chi connectivity index (χ3n) is 7.51. The van der Waals surface area contributed by atoms with E-state index in [2.05, 4.69) is 75.9 Å². The van der Waals surface area contributed by atoms with Gasteiger partial charge in [0.1, 0.15) is 0 Å². The summed E-state index contributed by atoms with van der Waals surface area (Å²) < 4.78 is 28.0. The van der Waals surface area contributed by atoms with Crippen LogP contribution in [-0.2, 0) is 26.5 Å². The second-order valence-corrected chi connectivity index (χ2v) is 18.8. The van der Waals surface area contributed by atoms with Crippen molar-refractivity contribution in [3.05, 3.63) is 114 Å². The number of benzene rings is 3. The van der Waals surface area contributed by atoms with E-state index in [1.165, 1.54) is 16.8 Å². The van der Waals surface area contributed by atoms with Crippen molar-refractivity contribution in [2.45, 2.75) is 66.6 Å². The molecule has 0 saturated carbocycles. The van der Waals surface area contributed by atoms with Crippen molar-refractivity contribution in [3.63, 3.8) is 0 Å². The van der Waals surface area contributed by atoms with E-state index in [-0.39, 0.29) is 36.9 Å². The maximum absolute atomic E-state index is 14.0. The Bertz CT molecular complexity index is 1950. The van der Waals surface area contributed by atoms with Crippen molar-refractivity contribution in [1.82, 2.24) is 9.97 Å². The van der Waals surface area contributed by atoms with E-state index in [0.717, 1.165) is 34.0 Å². The fourth-order valence-electron chi connectivity index (χ4n) is 5.39. The molecule has 0 amide bonds. The minimum atomic E-state index is -1.37. The largest absolute Gasteiger partial charge is 0.498 e. The summed E-state index contributed by atoms with van der Waals surface area (Å²) >= 11 is 0. The molecule has 0 aliphatic carbocycles. The zero-order valence-electron chi connectivity index (χ0n) is 28.3. The number of halogens is 1. The molecule has 235 valence electrons. The molecule has 1 radical (unpaired) electrons. The normalized spacial score (nSPS) is 12.3. The van der Waals surface area contributed by atoms with E-state index < -0.39 is 14.0 Å². The van der Waals surface area contributed by atoms with Crippen LogP contribution in [0.25, 0.3) is 44.5 Å². The molecule has 6 rings (SSSR count). The molecule has 6 heteroatoms. The number of para-hydroxylation sites is 1. The van der Waals surface area contributed by atoms with Crippen LogP contribution in [0.1, 0.15) is 53.0 Å². The summed E-state index contributed by atoms with van der Waals surface area (Å²) in [6.07, 6.45) is 4.88. The van der Waals surface area contributed by atoms with E-state index in [1.807, 2.05) is 56.3 Å². The first-order valence-corrected chi connectivity index (χ1v) is 18.6. The molecular weight excluding hydrogens is 752 g/mol. The number of furan rings is 1. The van der Waals surface area contributed by atoms with Crippen LogP contribution in [0.4, 0.5) is 4.39 Å². The maximum atomic E-state index is 14.0. The molecule has 0 fully saturated rings. The Hall–Kier alpha value is -3.44. The minimum Gasteiger partial charge on any atom is -0.498 e. The number of fused-ring (bicyclic) bond motifs is 3. The molecule has 0 unspecified atom stereocenters. The molecule has 0 saturated heterocycles. The molecule has 6 aromatic rings. The Labute approximate surface area is 283 Å². The van der Waals surface area contributed by atoms with Gasteiger partial charge in [0.15, 0.2) is 11.4 Å². The Balaban J connectivity index is 0.000000207. The van der Waals surface area contributed by atoms with Gasteiger partial charge in [0.25, 0.3) is 0 Å². The third kappa shape index (κ3) is 8.05. The van der Waals surface area contributed by atoms with E-state index >= 15 is 0 Å². The molecule has 0 aliphatic heterocycles. The molecule has 3 nitrogen and oxygen atoms in total. The predicted molar refractivity (Wildman–Crippen MR) is 184 cm³/mol. The number of rotatable bonds is 5. The SMILES string of the molecule is CC(C)(C)Cc1cc(-c2[c-]cccc2)ncc1[Si](C)(C)C.[2H]C(C)(C)c1ccnc(-c2[c-]ccc3c2oc2c(F)cccc23)c1.[Ir]. The molecule has 3 aromatic heterocycles. The molecule has 0 atom stereocenters. The van der Waals surface area contributed by atoms with Crippen LogP contribution in [0, 0.1) is 23.4 Å². The maximum Gasteiger partial charge on any atom is 0.165 e. The first-order chi connectivity index (χ1) is 21.1. The van der Waals surface area contributed by atoms with Crippen molar-refractivity contribution in [1.29, 1.82) is 0 Å². The molecule has 0 spiro atoms. The Morgan fingerprint density at radius 1 is 0.889 bits per heavy atom. The fourth-order valence-corrected chi connectivity index (χ4v) is 6.96. The number of aromatic nitrogens is 2. The van der Waals surface area contributed by atoms with Crippen LogP contribution in [0.3, 0.4) is 0 Å². The molecule has 0 N–H and O–H groups in total. The van der Waals surface area contributed by atoms with Crippen LogP contribution in [0.15, 0.2) is 89.6 Å². The van der Waals surface area contributed by atoms with E-state index in [4.69, 9.17) is 10.8 Å². The second-order valence-electron chi connectivity index (χ2n) is 13.7. The number of hydrogen-bond donors (Lipinski definition) is 0. The summed E-state index contributed by atoms with van der Waals surface area (Å²) in [5.74, 6) is -1.12. The van der Waals surface area contributed by atoms with Gasteiger partial charge in [0.05, 0.1) is 13.7 Å². The first kappa shape index (κ1) is 32.9. The van der Waals surface area contributed by atoms with Crippen molar-refractivity contribution >= 4 is 35.2 Å². The Morgan fingerprint density at radius 3 is 2.31 bits per heavy atom. The van der Waals surface area contributed by atoms with E-state index in [1.54, 1.807) is 18.3 Å². The van der Waals surface area contributed by atoms with Gasteiger partial charge in [-0.15, -0.1) is 54.1 Å². The van der Waals surface area contributed by atoms with Gasteiger partial charge in [-0.3, -0.25) is 0 Å². The average molecular weight is 794 g/mol. The van der Waals surface area contributed by atoms with Crippen molar-refractivity contribution in [2.24, 2.45) is 5.41 Å². The van der Waals surface area contributed by atoms with Gasteiger partial charge in [0.2, 0.25) is 0 Å². The predicted octanol–water partition coefficient (Wildman–Crippen LogP) is 10.4. The summed E-state index contributed by atoms with van der Waals surface area (Å²) in [6.45, 7) is 17.7. The monoisotopic (exact) mass is 794 g/mol. The summed E-state index contributed by atoms with van der Waals surface area (Å²) in [7, 11) is -1.37. The molecular formula is C39H41FIrN2OSi-2. The summed E-state index contributed by atoms with van der Waals surface area (Å²) in [4.78, 5) is 9.11. The van der Waals surface area contributed by atoms with Crippen molar-refractivity contribution < 1.29 is 30.3 Å². The van der Waals surface area contributed by atoms with E-state index in [9.17, 15) is 4.39 Å². The van der Waals surface area contributed by atoms with Gasteiger partial charge in [-0.05, 0) is 46.4 Å². The first-order valence-electron chi connectivity index (χ1n) is 15.6. The van der Waals surface area contributed by atoms with Gasteiger partial charge in [-0.2, -0.15) is 0 Å². The number of hydrogen-bond acceptors (Lipinski definition) is 3. The summed E-state index contributed by atoms with van der Waals surface area (Å²) in [6, 6.07) is 29.0. The third-order valence-corrected chi connectivity index (χ3v) is 9.57. The quantitative estimate of drug-likeness (QED) is 0.129. The fraction of sp³-hybridized carbons (Fsp3) is 0.282. The molecule has 3 heterocycles. The van der Waals surface area contributed by atoms with Gasteiger partial charge in [0, 0.05) is 39.3 Å². The number of pyridine rings is 2. The molecule has 3 aromatic carbocycles. The molecule has 0 aliphatic rings. The van der Waals surface area contributed by atoms with Crippen molar-refractivity contribution in [2.75, 3.05) is 0 Å². The van der Waals surface area contributed by atoms with Crippen LogP contribution in [0.5, 0.6) is 0 Å². The van der Waals surface area contributed by atoms with Gasteiger partial charge in [-0.1, -0.05) is 101 Å². The van der Waals surface area contributed by atoms with Crippen LogP contribution < -0.4 is 5.19 Å². The minimum absolute atomic E-state index is 0. The van der Waals surface area contributed by atoms with Crippen LogP contribution in [0.2, 0.25) is 19.6 Å². The summed E-state index contributed by atoms with van der Waals surface area (Å²) in [5, 5.41) is 3.05. The summed E-state index contributed by atoms with van der Waals surface area (Å²) in [5.41, 5.74) is 6.85. The zero-order valence-corrected chi connectivity index (χ0v) is 30.7. The van der Waals surface area contributed by atoms with Crippen molar-refractivity contribution in [3.8, 4) is 22.5 Å². The topological polar surface area (TPSA) is 38.9 Å². The average Bonchev–Trinajstić information content (AvgIpc) is 3.36. The molecule has 45 heavy (non-hydrogen) atoms. The van der Waals surface area contributed by atoms with Crippen LogP contribution >= 0.6 is 0 Å².